The van der Waals surface area contributed by atoms with Crippen LogP contribution in [0.4, 0.5) is 5.69 Å². The first-order valence-electron chi connectivity index (χ1n) is 7.43. The van der Waals surface area contributed by atoms with E-state index in [0.717, 1.165) is 36.9 Å². The molecule has 2 aromatic carbocycles. The average molecular weight is 332 g/mol. The van der Waals surface area contributed by atoms with Crippen LogP contribution in [-0.4, -0.2) is 47.6 Å². The lowest BCUT2D eigenvalue weighted by molar-refractivity contribution is 0.272. The van der Waals surface area contributed by atoms with Gasteiger partial charge in [0, 0.05) is 35.4 Å². The molecule has 1 saturated heterocycles. The molecule has 0 saturated carbocycles. The molecule has 120 valence electrons. The number of piperazine rings is 1. The molecule has 2 N–H and O–H groups in total. The van der Waals surface area contributed by atoms with Gasteiger partial charge in [0.15, 0.2) is 0 Å². The van der Waals surface area contributed by atoms with E-state index in [4.69, 9.17) is 11.6 Å². The minimum Gasteiger partial charge on any atom is -0.508 e. The van der Waals surface area contributed by atoms with E-state index in [-0.39, 0.29) is 11.5 Å². The van der Waals surface area contributed by atoms with Crippen molar-refractivity contribution in [2.45, 2.75) is 0 Å². The molecule has 0 unspecified atom stereocenters. The van der Waals surface area contributed by atoms with Crippen molar-refractivity contribution in [3.05, 3.63) is 53.1 Å². The summed E-state index contributed by atoms with van der Waals surface area (Å²) in [6.07, 6.45) is 1.62. The largest absolute Gasteiger partial charge is 0.508 e. The standard InChI is InChI=1S/C17H18ClN3O2/c18-14-2-4-15(5-3-14)20-7-9-21(10-8-20)19-12-13-1-6-16(22)11-17(13)23/h1-6,11-12,22-23H,7-10H2/b19-12+. The van der Waals surface area contributed by atoms with E-state index >= 15 is 0 Å². The van der Waals surface area contributed by atoms with Gasteiger partial charge < -0.3 is 15.1 Å². The molecule has 1 fully saturated rings. The van der Waals surface area contributed by atoms with E-state index in [2.05, 4.69) is 10.0 Å². The van der Waals surface area contributed by atoms with Crippen molar-refractivity contribution in [2.75, 3.05) is 31.1 Å². The SMILES string of the molecule is Oc1ccc(/C=N/N2CCN(c3ccc(Cl)cc3)CC2)c(O)c1. The summed E-state index contributed by atoms with van der Waals surface area (Å²) in [7, 11) is 0. The van der Waals surface area contributed by atoms with Crippen LogP contribution in [0.2, 0.25) is 5.02 Å². The smallest absolute Gasteiger partial charge is 0.128 e. The third-order valence-electron chi connectivity index (χ3n) is 3.82. The van der Waals surface area contributed by atoms with Gasteiger partial charge in [-0.15, -0.1) is 0 Å². The predicted molar refractivity (Wildman–Crippen MR) is 92.6 cm³/mol. The van der Waals surface area contributed by atoms with Crippen LogP contribution in [0.5, 0.6) is 11.5 Å². The number of phenolic OH excluding ortho intramolecular Hbond substituents is 2. The highest BCUT2D eigenvalue weighted by molar-refractivity contribution is 6.30. The molecule has 1 aliphatic rings. The Balaban J connectivity index is 1.58. The van der Waals surface area contributed by atoms with Gasteiger partial charge in [0.1, 0.15) is 11.5 Å². The van der Waals surface area contributed by atoms with Crippen LogP contribution in [-0.2, 0) is 0 Å². The predicted octanol–water partition coefficient (Wildman–Crippen LogP) is 2.91. The third-order valence-corrected chi connectivity index (χ3v) is 4.07. The molecule has 0 aliphatic carbocycles. The molecule has 0 amide bonds. The first-order valence-corrected chi connectivity index (χ1v) is 7.81. The molecule has 1 heterocycles. The molecule has 0 spiro atoms. The third kappa shape index (κ3) is 3.87. The first kappa shape index (κ1) is 15.5. The zero-order valence-corrected chi connectivity index (χ0v) is 13.3. The van der Waals surface area contributed by atoms with Crippen molar-refractivity contribution >= 4 is 23.5 Å². The van der Waals surface area contributed by atoms with E-state index in [1.807, 2.05) is 29.3 Å². The molecule has 0 radical (unpaired) electrons. The molecule has 0 aromatic heterocycles. The quantitative estimate of drug-likeness (QED) is 0.849. The fraction of sp³-hybridized carbons (Fsp3) is 0.235. The van der Waals surface area contributed by atoms with Gasteiger partial charge in [-0.1, -0.05) is 11.6 Å². The van der Waals surface area contributed by atoms with Crippen LogP contribution in [0.1, 0.15) is 5.56 Å². The lowest BCUT2D eigenvalue weighted by atomic mass is 10.2. The lowest BCUT2D eigenvalue weighted by Gasteiger charge is -2.34. The number of nitrogens with zero attached hydrogens (tertiary/aromatic N) is 3. The molecule has 5 nitrogen and oxygen atoms in total. The summed E-state index contributed by atoms with van der Waals surface area (Å²) in [5.41, 5.74) is 1.75. The number of hydrogen-bond donors (Lipinski definition) is 2. The number of rotatable bonds is 3. The van der Waals surface area contributed by atoms with Crippen molar-refractivity contribution in [2.24, 2.45) is 5.10 Å². The van der Waals surface area contributed by atoms with E-state index in [9.17, 15) is 10.2 Å². The highest BCUT2D eigenvalue weighted by atomic mass is 35.5. The summed E-state index contributed by atoms with van der Waals surface area (Å²) in [5, 5.41) is 26.1. The Bertz CT molecular complexity index is 695. The minimum atomic E-state index is 0.0218. The minimum absolute atomic E-state index is 0.0218. The highest BCUT2D eigenvalue weighted by Crippen LogP contribution is 2.22. The highest BCUT2D eigenvalue weighted by Gasteiger charge is 2.15. The van der Waals surface area contributed by atoms with Crippen LogP contribution in [0.15, 0.2) is 47.6 Å². The van der Waals surface area contributed by atoms with E-state index < -0.39 is 0 Å². The topological polar surface area (TPSA) is 59.3 Å². The van der Waals surface area contributed by atoms with Crippen LogP contribution >= 0.6 is 11.6 Å². The van der Waals surface area contributed by atoms with Crippen molar-refractivity contribution in [1.29, 1.82) is 0 Å². The van der Waals surface area contributed by atoms with Gasteiger partial charge in [0.2, 0.25) is 0 Å². The lowest BCUT2D eigenvalue weighted by Crippen LogP contribution is -2.44. The fourth-order valence-electron chi connectivity index (χ4n) is 2.51. The van der Waals surface area contributed by atoms with Crippen molar-refractivity contribution in [3.63, 3.8) is 0 Å². The number of hydrogen-bond acceptors (Lipinski definition) is 5. The maximum atomic E-state index is 9.75. The van der Waals surface area contributed by atoms with Gasteiger partial charge in [-0.05, 0) is 36.4 Å². The number of anilines is 1. The van der Waals surface area contributed by atoms with Crippen LogP contribution in [0.3, 0.4) is 0 Å². The zero-order chi connectivity index (χ0) is 16.2. The molecule has 6 heteroatoms. The van der Waals surface area contributed by atoms with Crippen LogP contribution in [0, 0.1) is 0 Å². The van der Waals surface area contributed by atoms with Gasteiger partial charge in [-0.25, -0.2) is 0 Å². The molecule has 1 aliphatic heterocycles. The Kier molecular flexibility index (Phi) is 4.57. The Morgan fingerprint density at radius 1 is 0.957 bits per heavy atom. The fourth-order valence-corrected chi connectivity index (χ4v) is 2.63. The Labute approximate surface area is 140 Å². The number of benzene rings is 2. The summed E-state index contributed by atoms with van der Waals surface area (Å²) < 4.78 is 0. The van der Waals surface area contributed by atoms with Crippen molar-refractivity contribution in [1.82, 2.24) is 5.01 Å². The number of aromatic hydroxyl groups is 2. The van der Waals surface area contributed by atoms with Crippen molar-refractivity contribution in [3.8, 4) is 11.5 Å². The van der Waals surface area contributed by atoms with E-state index in [0.29, 0.717) is 5.56 Å². The van der Waals surface area contributed by atoms with E-state index in [1.54, 1.807) is 12.3 Å². The number of hydrazone groups is 1. The normalized spacial score (nSPS) is 15.3. The second-order valence-electron chi connectivity index (χ2n) is 5.40. The number of halogens is 1. The summed E-state index contributed by atoms with van der Waals surface area (Å²) >= 11 is 5.91. The van der Waals surface area contributed by atoms with Crippen LogP contribution < -0.4 is 4.90 Å². The van der Waals surface area contributed by atoms with Crippen molar-refractivity contribution < 1.29 is 10.2 Å². The summed E-state index contributed by atoms with van der Waals surface area (Å²) in [5.74, 6) is 0.0600. The Hall–Kier alpha value is -2.40. The summed E-state index contributed by atoms with van der Waals surface area (Å²) in [6, 6.07) is 12.3. The average Bonchev–Trinajstić information content (AvgIpc) is 2.55. The molecule has 0 atom stereocenters. The Morgan fingerprint density at radius 2 is 1.65 bits per heavy atom. The second kappa shape index (κ2) is 6.79. The molecular weight excluding hydrogens is 314 g/mol. The Morgan fingerprint density at radius 3 is 2.30 bits per heavy atom. The number of phenols is 2. The second-order valence-corrected chi connectivity index (χ2v) is 5.84. The molecular formula is C17H18ClN3O2. The molecule has 2 aromatic rings. The van der Waals surface area contributed by atoms with Gasteiger partial charge >= 0.3 is 0 Å². The molecule has 3 rings (SSSR count). The molecule has 23 heavy (non-hydrogen) atoms. The van der Waals surface area contributed by atoms with Gasteiger partial charge in [-0.2, -0.15) is 5.10 Å². The van der Waals surface area contributed by atoms with Gasteiger partial charge in [0.05, 0.1) is 19.3 Å². The molecule has 0 bridgehead atoms. The summed E-state index contributed by atoms with van der Waals surface area (Å²) in [4.78, 5) is 2.29. The summed E-state index contributed by atoms with van der Waals surface area (Å²) in [6.45, 7) is 3.36. The maximum Gasteiger partial charge on any atom is 0.128 e. The van der Waals surface area contributed by atoms with E-state index in [1.165, 1.54) is 12.1 Å². The van der Waals surface area contributed by atoms with Crippen LogP contribution in [0.25, 0.3) is 0 Å². The maximum absolute atomic E-state index is 9.75. The van der Waals surface area contributed by atoms with Gasteiger partial charge in [0.25, 0.3) is 0 Å². The van der Waals surface area contributed by atoms with Gasteiger partial charge in [-0.3, -0.25) is 5.01 Å². The zero-order valence-electron chi connectivity index (χ0n) is 12.6. The monoisotopic (exact) mass is 331 g/mol. The first-order chi connectivity index (χ1) is 11.1.